The summed E-state index contributed by atoms with van der Waals surface area (Å²) in [4.78, 5) is 8.29. The summed E-state index contributed by atoms with van der Waals surface area (Å²) in [5.41, 5.74) is 7.52. The number of phenols is 1. The number of hydrogen-bond acceptors (Lipinski definition) is 7. The molecule has 7 nitrogen and oxygen atoms in total. The highest BCUT2D eigenvalue weighted by atomic mass is 35.5. The molecule has 4 rings (SSSR count). The van der Waals surface area contributed by atoms with E-state index in [1.54, 1.807) is 49.6 Å². The summed E-state index contributed by atoms with van der Waals surface area (Å²) < 4.78 is 16.9. The summed E-state index contributed by atoms with van der Waals surface area (Å²) in [5, 5.41) is 11.3. The van der Waals surface area contributed by atoms with Gasteiger partial charge in [0.2, 0.25) is 5.95 Å². The molecule has 0 radical (unpaired) electrons. The van der Waals surface area contributed by atoms with Gasteiger partial charge in [-0.05, 0) is 42.0 Å². The number of phenolic OH excluding ortho intramolecular Hbond substituents is 1. The largest absolute Gasteiger partial charge is 0.507 e. The molecule has 0 atom stereocenters. The van der Waals surface area contributed by atoms with E-state index in [1.165, 1.54) is 12.3 Å². The van der Waals surface area contributed by atoms with Crippen LogP contribution in [0.25, 0.3) is 11.3 Å². The number of nitrogens with two attached hydrogens (primary N) is 1. The van der Waals surface area contributed by atoms with Crippen LogP contribution in [0.3, 0.4) is 0 Å². The van der Waals surface area contributed by atoms with Crippen molar-refractivity contribution >= 4 is 17.5 Å². The van der Waals surface area contributed by atoms with Crippen LogP contribution in [0, 0.1) is 0 Å². The second-order valence-corrected chi connectivity index (χ2v) is 7.25. The SMILES string of the molecule is COc1cccc(Oc2cnc(N)nc2-c2ccc(OCc3ccc(Cl)cc3)cc2O)c1. The maximum absolute atomic E-state index is 10.7. The fraction of sp³-hybridized carbons (Fsp3) is 0.0833. The number of aromatic nitrogens is 2. The summed E-state index contributed by atoms with van der Waals surface area (Å²) in [5.74, 6) is 2.02. The van der Waals surface area contributed by atoms with E-state index in [2.05, 4.69) is 9.97 Å². The smallest absolute Gasteiger partial charge is 0.220 e. The van der Waals surface area contributed by atoms with Crippen LogP contribution >= 0.6 is 11.6 Å². The molecule has 32 heavy (non-hydrogen) atoms. The molecule has 1 heterocycles. The van der Waals surface area contributed by atoms with Crippen molar-refractivity contribution in [2.45, 2.75) is 6.61 Å². The lowest BCUT2D eigenvalue weighted by molar-refractivity contribution is 0.304. The van der Waals surface area contributed by atoms with Gasteiger partial charge in [-0.3, -0.25) is 0 Å². The minimum atomic E-state index is -0.0350. The highest BCUT2D eigenvalue weighted by molar-refractivity contribution is 6.30. The third-order valence-electron chi connectivity index (χ3n) is 4.59. The molecule has 3 aromatic carbocycles. The van der Waals surface area contributed by atoms with E-state index in [9.17, 15) is 5.11 Å². The first-order valence-electron chi connectivity index (χ1n) is 9.67. The first-order valence-corrected chi connectivity index (χ1v) is 10.0. The lowest BCUT2D eigenvalue weighted by Crippen LogP contribution is -2.00. The van der Waals surface area contributed by atoms with Gasteiger partial charge in [0.05, 0.1) is 13.3 Å². The van der Waals surface area contributed by atoms with Crippen LogP contribution in [0.4, 0.5) is 5.95 Å². The van der Waals surface area contributed by atoms with Crippen LogP contribution in [0.15, 0.2) is 72.9 Å². The third kappa shape index (κ3) is 5.01. The zero-order chi connectivity index (χ0) is 22.5. The predicted molar refractivity (Wildman–Crippen MR) is 122 cm³/mol. The summed E-state index contributed by atoms with van der Waals surface area (Å²) in [6.45, 7) is 0.334. The number of aromatic hydroxyl groups is 1. The fourth-order valence-corrected chi connectivity index (χ4v) is 3.12. The molecule has 0 spiro atoms. The van der Waals surface area contributed by atoms with E-state index in [1.807, 2.05) is 18.2 Å². The van der Waals surface area contributed by atoms with E-state index in [0.717, 1.165) is 5.56 Å². The summed E-state index contributed by atoms with van der Waals surface area (Å²) >= 11 is 5.91. The molecular weight excluding hydrogens is 430 g/mol. The maximum Gasteiger partial charge on any atom is 0.220 e. The summed E-state index contributed by atoms with van der Waals surface area (Å²) in [7, 11) is 1.57. The first-order chi connectivity index (χ1) is 15.5. The number of anilines is 1. The predicted octanol–water partition coefficient (Wildman–Crippen LogP) is 5.46. The Balaban J connectivity index is 1.58. The van der Waals surface area contributed by atoms with Crippen LogP contribution in [-0.4, -0.2) is 22.2 Å². The molecule has 0 saturated heterocycles. The van der Waals surface area contributed by atoms with Crippen molar-refractivity contribution < 1.29 is 19.3 Å². The first kappa shape index (κ1) is 21.3. The molecule has 0 aliphatic carbocycles. The Kier molecular flexibility index (Phi) is 6.28. The maximum atomic E-state index is 10.7. The van der Waals surface area contributed by atoms with Crippen LogP contribution in [0.1, 0.15) is 5.56 Å². The number of hydrogen-bond donors (Lipinski definition) is 2. The Labute approximate surface area is 190 Å². The molecule has 0 unspecified atom stereocenters. The molecule has 0 saturated carbocycles. The zero-order valence-corrected chi connectivity index (χ0v) is 17.9. The number of nitrogen functional groups attached to an aromatic ring is 1. The number of ether oxygens (including phenoxy) is 3. The second kappa shape index (κ2) is 9.45. The highest BCUT2D eigenvalue weighted by Gasteiger charge is 2.16. The Morgan fingerprint density at radius 1 is 0.969 bits per heavy atom. The van der Waals surface area contributed by atoms with Crippen LogP contribution in [0.2, 0.25) is 5.02 Å². The number of benzene rings is 3. The van der Waals surface area contributed by atoms with Crippen molar-refractivity contribution in [1.29, 1.82) is 0 Å². The van der Waals surface area contributed by atoms with Gasteiger partial charge in [-0.1, -0.05) is 29.8 Å². The van der Waals surface area contributed by atoms with Crippen molar-refractivity contribution in [1.82, 2.24) is 9.97 Å². The number of rotatable bonds is 7. The minimum absolute atomic E-state index is 0.0350. The molecule has 0 aliphatic heterocycles. The van der Waals surface area contributed by atoms with Crippen LogP contribution < -0.4 is 19.9 Å². The standard InChI is InChI=1S/C24H20ClN3O4/c1-30-17-3-2-4-19(11-17)32-22-13-27-24(26)28-23(22)20-10-9-18(12-21(20)29)31-14-15-5-7-16(25)8-6-15/h2-13,29H,14H2,1H3,(H2,26,27,28). The van der Waals surface area contributed by atoms with Gasteiger partial charge in [-0.2, -0.15) is 0 Å². The van der Waals surface area contributed by atoms with Crippen molar-refractivity contribution in [2.24, 2.45) is 0 Å². The third-order valence-corrected chi connectivity index (χ3v) is 4.84. The van der Waals surface area contributed by atoms with Crippen molar-refractivity contribution in [3.63, 3.8) is 0 Å². The van der Waals surface area contributed by atoms with E-state index in [4.69, 9.17) is 31.5 Å². The average molecular weight is 450 g/mol. The topological polar surface area (TPSA) is 99.7 Å². The van der Waals surface area contributed by atoms with Crippen LogP contribution in [-0.2, 0) is 6.61 Å². The van der Waals surface area contributed by atoms with Crippen molar-refractivity contribution in [2.75, 3.05) is 12.8 Å². The molecule has 3 N–H and O–H groups in total. The zero-order valence-electron chi connectivity index (χ0n) is 17.2. The minimum Gasteiger partial charge on any atom is -0.507 e. The molecule has 8 heteroatoms. The molecule has 4 aromatic rings. The van der Waals surface area contributed by atoms with Gasteiger partial charge in [0.25, 0.3) is 0 Å². The van der Waals surface area contributed by atoms with Crippen LogP contribution in [0.5, 0.6) is 28.7 Å². The molecule has 0 amide bonds. The van der Waals surface area contributed by atoms with E-state index < -0.39 is 0 Å². The molecule has 0 fully saturated rings. The van der Waals surface area contributed by atoms with Gasteiger partial charge in [-0.25, -0.2) is 9.97 Å². The average Bonchev–Trinajstić information content (AvgIpc) is 2.80. The van der Waals surface area contributed by atoms with E-state index in [-0.39, 0.29) is 11.7 Å². The molecule has 0 aliphatic rings. The normalized spacial score (nSPS) is 10.6. The van der Waals surface area contributed by atoms with E-state index >= 15 is 0 Å². The molecule has 162 valence electrons. The number of nitrogens with zero attached hydrogens (tertiary/aromatic N) is 2. The fourth-order valence-electron chi connectivity index (χ4n) is 2.99. The second-order valence-electron chi connectivity index (χ2n) is 6.82. The van der Waals surface area contributed by atoms with Gasteiger partial charge < -0.3 is 25.1 Å². The van der Waals surface area contributed by atoms with Gasteiger partial charge in [0, 0.05) is 22.7 Å². The summed E-state index contributed by atoms with van der Waals surface area (Å²) in [6.07, 6.45) is 1.46. The lowest BCUT2D eigenvalue weighted by Gasteiger charge is -2.13. The monoisotopic (exact) mass is 449 g/mol. The Morgan fingerprint density at radius 3 is 2.50 bits per heavy atom. The Morgan fingerprint density at radius 2 is 1.75 bits per heavy atom. The Bertz CT molecular complexity index is 1230. The van der Waals surface area contributed by atoms with Crippen molar-refractivity contribution in [3.05, 3.63) is 83.5 Å². The summed E-state index contributed by atoms with van der Waals surface area (Å²) in [6, 6.07) is 19.4. The number of methoxy groups -OCH3 is 1. The lowest BCUT2D eigenvalue weighted by atomic mass is 10.1. The van der Waals surface area contributed by atoms with Gasteiger partial charge in [0.15, 0.2) is 5.75 Å². The molecular formula is C24H20ClN3O4. The Hall–Kier alpha value is -3.97. The van der Waals surface area contributed by atoms with Gasteiger partial charge in [-0.15, -0.1) is 0 Å². The van der Waals surface area contributed by atoms with Gasteiger partial charge in [0.1, 0.15) is 35.3 Å². The van der Waals surface area contributed by atoms with Gasteiger partial charge >= 0.3 is 0 Å². The number of halogens is 1. The van der Waals surface area contributed by atoms with Crippen molar-refractivity contribution in [3.8, 4) is 40.0 Å². The highest BCUT2D eigenvalue weighted by Crippen LogP contribution is 2.38. The quantitative estimate of drug-likeness (QED) is 0.386. The molecule has 0 bridgehead atoms. The van der Waals surface area contributed by atoms with E-state index in [0.29, 0.717) is 45.9 Å². The molecule has 1 aromatic heterocycles.